The maximum absolute atomic E-state index is 12.6. The molecule has 96 heavy (non-hydrogen) atoms. The Morgan fingerprint density at radius 1 is 0.292 bits per heavy atom. The number of allylic oxidation sites excluding steroid dienone is 4. The lowest BCUT2D eigenvalue weighted by atomic mass is 10.0. The fourth-order valence-electron chi connectivity index (χ4n) is 14.5. The van der Waals surface area contributed by atoms with Crippen molar-refractivity contribution in [3.63, 3.8) is 0 Å². The highest BCUT2D eigenvalue weighted by atomic mass is 16.5. The van der Waals surface area contributed by atoms with Crippen molar-refractivity contribution in [1.82, 2.24) is 5.32 Å². The lowest BCUT2D eigenvalue weighted by Crippen LogP contribution is -2.45. The van der Waals surface area contributed by atoms with Gasteiger partial charge in [0.2, 0.25) is 5.91 Å². The van der Waals surface area contributed by atoms with Crippen molar-refractivity contribution < 1.29 is 24.5 Å². The zero-order valence-electron chi connectivity index (χ0n) is 65.7. The second-order valence-electron chi connectivity index (χ2n) is 30.9. The van der Waals surface area contributed by atoms with Crippen molar-refractivity contribution in [2.45, 2.75) is 527 Å². The number of esters is 1. The van der Waals surface area contributed by atoms with E-state index in [1.807, 2.05) is 0 Å². The van der Waals surface area contributed by atoms with Crippen molar-refractivity contribution in [3.8, 4) is 0 Å². The summed E-state index contributed by atoms with van der Waals surface area (Å²) in [5.74, 6) is -0.00134. The highest BCUT2D eigenvalue weighted by Crippen LogP contribution is 2.21. The Hall–Kier alpha value is -1.66. The van der Waals surface area contributed by atoms with E-state index in [9.17, 15) is 19.8 Å². The van der Waals surface area contributed by atoms with E-state index in [1.165, 1.54) is 437 Å². The molecule has 0 aromatic carbocycles. The second-order valence-corrected chi connectivity index (χ2v) is 30.9. The summed E-state index contributed by atoms with van der Waals surface area (Å²) < 4.78 is 5.52. The van der Waals surface area contributed by atoms with Gasteiger partial charge >= 0.3 is 5.97 Å². The number of nitrogens with one attached hydrogen (secondary N) is 1. The molecular formula is C90H175NO5. The molecule has 0 radical (unpaired) electrons. The van der Waals surface area contributed by atoms with Crippen LogP contribution in [0.25, 0.3) is 0 Å². The van der Waals surface area contributed by atoms with Crippen LogP contribution in [0, 0.1) is 0 Å². The topological polar surface area (TPSA) is 95.9 Å². The molecule has 3 N–H and O–H groups in total. The van der Waals surface area contributed by atoms with Crippen LogP contribution in [0.2, 0.25) is 0 Å². The van der Waals surface area contributed by atoms with E-state index < -0.39 is 12.1 Å². The normalized spacial score (nSPS) is 12.5. The van der Waals surface area contributed by atoms with Gasteiger partial charge in [-0.05, 0) is 57.8 Å². The van der Waals surface area contributed by atoms with Crippen molar-refractivity contribution >= 4 is 11.9 Å². The predicted octanol–water partition coefficient (Wildman–Crippen LogP) is 29.9. The van der Waals surface area contributed by atoms with Crippen molar-refractivity contribution in [3.05, 3.63) is 24.3 Å². The minimum absolute atomic E-state index is 0.0215. The fraction of sp³-hybridized carbons (Fsp3) is 0.933. The molecule has 0 fully saturated rings. The largest absolute Gasteiger partial charge is 0.466 e. The van der Waals surface area contributed by atoms with Gasteiger partial charge in [-0.1, -0.05) is 468 Å². The van der Waals surface area contributed by atoms with Crippen molar-refractivity contribution in [1.29, 1.82) is 0 Å². The molecular weight excluding hydrogens is 1170 g/mol. The molecule has 0 aliphatic carbocycles. The summed E-state index contributed by atoms with van der Waals surface area (Å²) in [4.78, 5) is 24.7. The first-order valence-corrected chi connectivity index (χ1v) is 44.6. The molecule has 0 rings (SSSR count). The van der Waals surface area contributed by atoms with Crippen LogP contribution < -0.4 is 5.32 Å². The average Bonchev–Trinajstić information content (AvgIpc) is 3.22. The number of amides is 1. The summed E-state index contributed by atoms with van der Waals surface area (Å²) in [5.41, 5.74) is 0. The van der Waals surface area contributed by atoms with Gasteiger partial charge in [-0.2, -0.15) is 0 Å². The minimum atomic E-state index is -0.661. The lowest BCUT2D eigenvalue weighted by Gasteiger charge is -2.22. The number of unbranched alkanes of at least 4 members (excludes halogenated alkanes) is 70. The van der Waals surface area contributed by atoms with Crippen LogP contribution in [0.3, 0.4) is 0 Å². The number of hydrogen-bond donors (Lipinski definition) is 3. The van der Waals surface area contributed by atoms with Gasteiger partial charge in [-0.15, -0.1) is 0 Å². The van der Waals surface area contributed by atoms with E-state index in [0.717, 1.165) is 44.9 Å². The first kappa shape index (κ1) is 94.3. The number of ether oxygens (including phenoxy) is 1. The summed E-state index contributed by atoms with van der Waals surface area (Å²) in [7, 11) is 0. The first-order valence-electron chi connectivity index (χ1n) is 44.6. The van der Waals surface area contributed by atoms with Gasteiger partial charge in [0.1, 0.15) is 0 Å². The SMILES string of the molecule is CCCCC/C=C\C/C=C\CCCCCCCCCCCC(=O)OCCCCCCCCCCCCCCCCCCCCCCCCCCCCCCCCCCCCCCCCCC(=O)NC(CO)C(O)CCCCCCCCCCCCCCCCCCCCCCC. The molecule has 6 nitrogen and oxygen atoms in total. The molecule has 1 amide bonds. The number of carbonyl (C=O) groups excluding carboxylic acids is 2. The molecule has 2 unspecified atom stereocenters. The number of rotatable bonds is 85. The average molecular weight is 1350 g/mol. The van der Waals surface area contributed by atoms with E-state index in [0.29, 0.717) is 25.9 Å². The van der Waals surface area contributed by atoms with Crippen LogP contribution in [-0.4, -0.2) is 47.4 Å². The molecule has 0 saturated carbocycles. The molecule has 0 saturated heterocycles. The Kier molecular flexibility index (Phi) is 84.3. The second kappa shape index (κ2) is 85.8. The predicted molar refractivity (Wildman–Crippen MR) is 426 cm³/mol. The first-order chi connectivity index (χ1) is 47.5. The van der Waals surface area contributed by atoms with E-state index in [2.05, 4.69) is 43.5 Å². The van der Waals surface area contributed by atoms with E-state index in [4.69, 9.17) is 4.74 Å². The summed E-state index contributed by atoms with van der Waals surface area (Å²) in [6, 6.07) is -0.537. The van der Waals surface area contributed by atoms with Gasteiger partial charge in [0.15, 0.2) is 0 Å². The Balaban J connectivity index is 3.29. The third-order valence-electron chi connectivity index (χ3n) is 21.3. The molecule has 0 aromatic heterocycles. The Morgan fingerprint density at radius 3 is 0.812 bits per heavy atom. The molecule has 2 atom stereocenters. The third kappa shape index (κ3) is 81.3. The highest BCUT2D eigenvalue weighted by molar-refractivity contribution is 5.76. The van der Waals surface area contributed by atoms with E-state index in [-0.39, 0.29) is 18.5 Å². The molecule has 570 valence electrons. The van der Waals surface area contributed by atoms with Gasteiger partial charge in [0.05, 0.1) is 25.4 Å². The van der Waals surface area contributed by atoms with Gasteiger partial charge in [0, 0.05) is 12.8 Å². The Labute approximate surface area is 602 Å². The molecule has 0 bridgehead atoms. The Morgan fingerprint density at radius 2 is 0.521 bits per heavy atom. The zero-order valence-corrected chi connectivity index (χ0v) is 65.7. The molecule has 0 aliphatic heterocycles. The molecule has 0 aliphatic rings. The smallest absolute Gasteiger partial charge is 0.305 e. The maximum atomic E-state index is 12.6. The summed E-state index contributed by atoms with van der Waals surface area (Å²) in [6.07, 6.45) is 112. The molecule has 0 heterocycles. The number of hydrogen-bond acceptors (Lipinski definition) is 5. The van der Waals surface area contributed by atoms with Gasteiger partial charge in [-0.3, -0.25) is 9.59 Å². The zero-order chi connectivity index (χ0) is 69.1. The maximum Gasteiger partial charge on any atom is 0.305 e. The minimum Gasteiger partial charge on any atom is -0.466 e. The van der Waals surface area contributed by atoms with Crippen LogP contribution in [0.4, 0.5) is 0 Å². The van der Waals surface area contributed by atoms with Crippen LogP contribution >= 0.6 is 0 Å². The van der Waals surface area contributed by atoms with Crippen LogP contribution in [0.5, 0.6) is 0 Å². The third-order valence-corrected chi connectivity index (χ3v) is 21.3. The van der Waals surface area contributed by atoms with Crippen LogP contribution in [0.15, 0.2) is 24.3 Å². The number of aliphatic hydroxyl groups is 2. The standard InChI is InChI=1S/C90H175NO5/c1-3-5-7-9-11-13-15-17-19-21-23-43-47-50-54-58-62-66-70-74-78-82-88(93)87(86-92)91-89(94)83-79-75-71-67-63-59-55-51-48-44-41-39-37-35-33-31-29-27-25-24-26-28-30-32-34-36-38-40-42-45-49-53-57-61-65-69-73-77-81-85-96-90(95)84-80-76-72-68-64-60-56-52-46-22-20-18-16-14-12-10-8-6-4-2/h12,14,18,20,87-88,92-93H,3-11,13,15-17,19,21-86H2,1-2H3,(H,91,94)/b14-12-,20-18-. The van der Waals surface area contributed by atoms with Crippen LogP contribution in [0.1, 0.15) is 515 Å². The van der Waals surface area contributed by atoms with E-state index >= 15 is 0 Å². The summed E-state index contributed by atoms with van der Waals surface area (Å²) in [6.45, 7) is 4.99. The molecule has 0 aromatic rings. The number of aliphatic hydroxyl groups excluding tert-OH is 2. The fourth-order valence-corrected chi connectivity index (χ4v) is 14.5. The van der Waals surface area contributed by atoms with Crippen LogP contribution in [-0.2, 0) is 14.3 Å². The van der Waals surface area contributed by atoms with Gasteiger partial charge in [-0.25, -0.2) is 0 Å². The summed E-state index contributed by atoms with van der Waals surface area (Å²) >= 11 is 0. The quantitative estimate of drug-likeness (QED) is 0.0320. The van der Waals surface area contributed by atoms with Crippen molar-refractivity contribution in [2.24, 2.45) is 0 Å². The highest BCUT2D eigenvalue weighted by Gasteiger charge is 2.20. The lowest BCUT2D eigenvalue weighted by molar-refractivity contribution is -0.143. The van der Waals surface area contributed by atoms with Gasteiger partial charge in [0.25, 0.3) is 0 Å². The molecule has 6 heteroatoms. The van der Waals surface area contributed by atoms with E-state index in [1.54, 1.807) is 0 Å². The Bertz CT molecular complexity index is 1510. The van der Waals surface area contributed by atoms with Crippen molar-refractivity contribution in [2.75, 3.05) is 13.2 Å². The monoisotopic (exact) mass is 1350 g/mol. The summed E-state index contributed by atoms with van der Waals surface area (Å²) in [5, 5.41) is 23.5. The molecule has 0 spiro atoms. The number of carbonyl (C=O) groups is 2. The van der Waals surface area contributed by atoms with Gasteiger partial charge < -0.3 is 20.3 Å².